The number of ketones is 1. The lowest BCUT2D eigenvalue weighted by atomic mass is 10.1. The summed E-state index contributed by atoms with van der Waals surface area (Å²) in [6.07, 6.45) is 1.47. The largest absolute Gasteiger partial charge is 0.497 e. The van der Waals surface area contributed by atoms with Crippen LogP contribution in [0.3, 0.4) is 0 Å². The van der Waals surface area contributed by atoms with Crippen LogP contribution in [0.5, 0.6) is 5.75 Å². The number of ether oxygens (including phenoxy) is 1. The molecule has 7 nitrogen and oxygen atoms in total. The normalized spacial score (nSPS) is 13.7. The molecule has 0 bridgehead atoms. The molecule has 4 rings (SSSR count). The molecule has 29 heavy (non-hydrogen) atoms. The average Bonchev–Trinajstić information content (AvgIpc) is 3.41. The van der Waals surface area contributed by atoms with Crippen LogP contribution in [0.2, 0.25) is 0 Å². The Morgan fingerprint density at radius 2 is 1.93 bits per heavy atom. The first kappa shape index (κ1) is 19.2. The number of carbonyl (C=O) groups excluding carboxylic acids is 2. The molecule has 0 spiro atoms. The van der Waals surface area contributed by atoms with Crippen molar-refractivity contribution < 1.29 is 14.3 Å². The van der Waals surface area contributed by atoms with Crippen molar-refractivity contribution in [1.82, 2.24) is 15.2 Å². The summed E-state index contributed by atoms with van der Waals surface area (Å²) in [5, 5.41) is 7.59. The summed E-state index contributed by atoms with van der Waals surface area (Å²) in [7, 11) is 1.62. The van der Waals surface area contributed by atoms with E-state index >= 15 is 0 Å². The molecule has 1 amide bonds. The van der Waals surface area contributed by atoms with Gasteiger partial charge in [0, 0.05) is 29.8 Å². The number of nitrogens with zero attached hydrogens (tertiary/aromatic N) is 3. The van der Waals surface area contributed by atoms with Gasteiger partial charge in [0.15, 0.2) is 11.6 Å². The van der Waals surface area contributed by atoms with Crippen molar-refractivity contribution in [3.8, 4) is 17.1 Å². The van der Waals surface area contributed by atoms with E-state index in [2.05, 4.69) is 15.2 Å². The highest BCUT2D eigenvalue weighted by Crippen LogP contribution is 2.24. The molecular weight excluding hydrogens is 388 g/mol. The molecular formula is C21H20N4O3S. The van der Waals surface area contributed by atoms with Crippen LogP contribution >= 0.6 is 11.8 Å². The molecule has 8 heteroatoms. The van der Waals surface area contributed by atoms with Crippen molar-refractivity contribution in [3.63, 3.8) is 0 Å². The summed E-state index contributed by atoms with van der Waals surface area (Å²) < 4.78 is 5.15. The molecule has 0 unspecified atom stereocenters. The Bertz CT molecular complexity index is 1020. The zero-order chi connectivity index (χ0) is 20.2. The highest BCUT2D eigenvalue weighted by atomic mass is 32.2. The minimum Gasteiger partial charge on any atom is -0.497 e. The van der Waals surface area contributed by atoms with E-state index in [0.717, 1.165) is 30.0 Å². The van der Waals surface area contributed by atoms with Gasteiger partial charge in [0.1, 0.15) is 5.75 Å². The second-order valence-corrected chi connectivity index (χ2v) is 7.55. The van der Waals surface area contributed by atoms with Gasteiger partial charge in [-0.1, -0.05) is 11.8 Å². The van der Waals surface area contributed by atoms with Gasteiger partial charge in [0.2, 0.25) is 11.1 Å². The lowest BCUT2D eigenvalue weighted by Gasteiger charge is -2.15. The lowest BCUT2D eigenvalue weighted by Crippen LogP contribution is -2.23. The van der Waals surface area contributed by atoms with Crippen LogP contribution < -0.4 is 9.64 Å². The molecule has 1 aromatic heterocycles. The molecule has 1 saturated heterocycles. The number of H-pyrrole nitrogens is 1. The quantitative estimate of drug-likeness (QED) is 0.475. The van der Waals surface area contributed by atoms with Crippen molar-refractivity contribution in [1.29, 1.82) is 0 Å². The number of Topliss-reactive ketones (excluding diaryl/α,β-unsaturated/α-hetero) is 1. The summed E-state index contributed by atoms with van der Waals surface area (Å²) in [5.41, 5.74) is 2.34. The number of aromatic nitrogens is 3. The van der Waals surface area contributed by atoms with Crippen molar-refractivity contribution >= 4 is 29.1 Å². The molecule has 3 aromatic rings. The van der Waals surface area contributed by atoms with E-state index in [-0.39, 0.29) is 17.4 Å². The third-order valence-corrected chi connectivity index (χ3v) is 5.58. The van der Waals surface area contributed by atoms with Crippen molar-refractivity contribution in [2.75, 3.05) is 24.3 Å². The van der Waals surface area contributed by atoms with Gasteiger partial charge in [0.05, 0.1) is 12.9 Å². The van der Waals surface area contributed by atoms with E-state index in [1.54, 1.807) is 24.1 Å². The number of thioether (sulfide) groups is 1. The topological polar surface area (TPSA) is 88.2 Å². The predicted molar refractivity (Wildman–Crippen MR) is 111 cm³/mol. The van der Waals surface area contributed by atoms with Crippen LogP contribution in [-0.2, 0) is 4.79 Å². The number of rotatable bonds is 7. The molecule has 1 aliphatic heterocycles. The Morgan fingerprint density at radius 1 is 1.17 bits per heavy atom. The third-order valence-electron chi connectivity index (χ3n) is 4.74. The zero-order valence-electron chi connectivity index (χ0n) is 15.9. The van der Waals surface area contributed by atoms with E-state index < -0.39 is 0 Å². The van der Waals surface area contributed by atoms with Crippen molar-refractivity contribution in [2.45, 2.75) is 18.0 Å². The standard InChI is InChI=1S/C21H20N4O3S/c1-28-17-10-6-15(7-11-17)20-22-21(24-23-20)29-13-18(26)14-4-8-16(9-5-14)25-12-2-3-19(25)27/h4-11H,2-3,12-13H2,1H3,(H,22,23,24). The fourth-order valence-corrected chi connectivity index (χ4v) is 3.84. The lowest BCUT2D eigenvalue weighted by molar-refractivity contribution is -0.117. The molecule has 2 heterocycles. The van der Waals surface area contributed by atoms with Crippen LogP contribution in [0.15, 0.2) is 53.7 Å². The highest BCUT2D eigenvalue weighted by Gasteiger charge is 2.21. The minimum atomic E-state index is -0.00917. The third kappa shape index (κ3) is 4.32. The SMILES string of the molecule is COc1ccc(-c2nc(SCC(=O)c3ccc(N4CCCC4=O)cc3)n[nH]2)cc1. The Hall–Kier alpha value is -3.13. The van der Waals surface area contributed by atoms with Gasteiger partial charge >= 0.3 is 0 Å². The number of aromatic amines is 1. The summed E-state index contributed by atoms with van der Waals surface area (Å²) in [5.74, 6) is 1.78. The summed E-state index contributed by atoms with van der Waals surface area (Å²) >= 11 is 1.28. The molecule has 148 valence electrons. The number of carbonyl (C=O) groups is 2. The second-order valence-electron chi connectivity index (χ2n) is 6.60. The number of methoxy groups -OCH3 is 1. The minimum absolute atomic E-state index is 0.00917. The van der Waals surface area contributed by atoms with Crippen LogP contribution in [0, 0.1) is 0 Å². The van der Waals surface area contributed by atoms with Crippen molar-refractivity contribution in [2.24, 2.45) is 0 Å². The van der Waals surface area contributed by atoms with E-state index in [4.69, 9.17) is 4.74 Å². The average molecular weight is 408 g/mol. The van der Waals surface area contributed by atoms with E-state index in [9.17, 15) is 9.59 Å². The van der Waals surface area contributed by atoms with Gasteiger partial charge in [-0.15, -0.1) is 5.10 Å². The molecule has 1 aliphatic rings. The Balaban J connectivity index is 1.36. The maximum atomic E-state index is 12.5. The van der Waals surface area contributed by atoms with Crippen LogP contribution in [0.1, 0.15) is 23.2 Å². The van der Waals surface area contributed by atoms with E-state index in [1.165, 1.54) is 11.8 Å². The molecule has 0 radical (unpaired) electrons. The van der Waals surface area contributed by atoms with E-state index in [1.807, 2.05) is 36.4 Å². The summed E-state index contributed by atoms with van der Waals surface area (Å²) in [4.78, 5) is 30.5. The molecule has 0 atom stereocenters. The van der Waals surface area contributed by atoms with Crippen LogP contribution in [0.25, 0.3) is 11.4 Å². The molecule has 0 aliphatic carbocycles. The van der Waals surface area contributed by atoms with Gasteiger partial charge in [-0.05, 0) is 55.0 Å². The first-order valence-corrected chi connectivity index (χ1v) is 10.3. The Morgan fingerprint density at radius 3 is 2.59 bits per heavy atom. The first-order valence-electron chi connectivity index (χ1n) is 9.27. The number of benzene rings is 2. The fraction of sp³-hybridized carbons (Fsp3) is 0.238. The number of hydrogen-bond acceptors (Lipinski definition) is 6. The number of amides is 1. The van der Waals surface area contributed by atoms with Gasteiger partial charge in [-0.3, -0.25) is 14.7 Å². The maximum Gasteiger partial charge on any atom is 0.227 e. The molecule has 1 fully saturated rings. The van der Waals surface area contributed by atoms with Gasteiger partial charge < -0.3 is 9.64 Å². The number of nitrogens with one attached hydrogen (secondary N) is 1. The fourth-order valence-electron chi connectivity index (χ4n) is 3.15. The first-order chi connectivity index (χ1) is 14.1. The van der Waals surface area contributed by atoms with Gasteiger partial charge in [-0.25, -0.2) is 4.98 Å². The molecule has 0 saturated carbocycles. The van der Waals surface area contributed by atoms with Crippen LogP contribution in [0.4, 0.5) is 5.69 Å². The maximum absolute atomic E-state index is 12.5. The van der Waals surface area contributed by atoms with Gasteiger partial charge in [0.25, 0.3) is 0 Å². The Kier molecular flexibility index (Phi) is 5.62. The number of hydrogen-bond donors (Lipinski definition) is 1. The Labute approximate surface area is 172 Å². The highest BCUT2D eigenvalue weighted by molar-refractivity contribution is 7.99. The predicted octanol–water partition coefficient (Wildman–Crippen LogP) is 3.58. The summed E-state index contributed by atoms with van der Waals surface area (Å²) in [6.45, 7) is 0.739. The van der Waals surface area contributed by atoms with Gasteiger partial charge in [-0.2, -0.15) is 0 Å². The van der Waals surface area contributed by atoms with Crippen molar-refractivity contribution in [3.05, 3.63) is 54.1 Å². The van der Waals surface area contributed by atoms with Crippen LogP contribution in [-0.4, -0.2) is 46.3 Å². The summed E-state index contributed by atoms with van der Waals surface area (Å²) in [6, 6.07) is 14.7. The molecule has 1 N–H and O–H groups in total. The zero-order valence-corrected chi connectivity index (χ0v) is 16.7. The second kappa shape index (κ2) is 8.48. The monoisotopic (exact) mass is 408 g/mol. The van der Waals surface area contributed by atoms with E-state index in [0.29, 0.717) is 23.0 Å². The molecule has 2 aromatic carbocycles. The number of anilines is 1. The smallest absolute Gasteiger partial charge is 0.227 e.